The second kappa shape index (κ2) is 4.31. The topological polar surface area (TPSA) is 40.2 Å². The summed E-state index contributed by atoms with van der Waals surface area (Å²) < 4.78 is 22.1. The van der Waals surface area contributed by atoms with Gasteiger partial charge in [-0.05, 0) is 37.0 Å². The average molecular weight is 258 g/mol. The maximum atomic E-state index is 5.70. The van der Waals surface area contributed by atoms with Crippen LogP contribution in [0, 0.1) is 17.8 Å². The Bertz CT molecular complexity index is 286. The predicted molar refractivity (Wildman–Crippen MR) is 64.6 cm³/mol. The van der Waals surface area contributed by atoms with Gasteiger partial charge in [0.1, 0.15) is 0 Å². The second-order valence-electron chi connectivity index (χ2n) is 5.55. The molecule has 5 heteroatoms. The standard InChI is InChI=1S/C12H22O4Si/c1-13-17(14-2,15-3)5-4-8-6-9-7-10(8)12-11(9)16-12/h8-12H,4-7H2,1-3H3. The average Bonchev–Trinajstić information content (AvgIpc) is 2.99. The first kappa shape index (κ1) is 12.1. The summed E-state index contributed by atoms with van der Waals surface area (Å²) in [6.07, 6.45) is 5.12. The molecule has 1 saturated heterocycles. The highest BCUT2D eigenvalue weighted by Crippen LogP contribution is 2.59. The summed E-state index contributed by atoms with van der Waals surface area (Å²) in [4.78, 5) is 0. The zero-order valence-electron chi connectivity index (χ0n) is 10.8. The maximum Gasteiger partial charge on any atom is 0.500 e. The molecule has 0 N–H and O–H groups in total. The van der Waals surface area contributed by atoms with E-state index in [4.69, 9.17) is 18.0 Å². The summed E-state index contributed by atoms with van der Waals surface area (Å²) in [6.45, 7) is 0. The Balaban J connectivity index is 1.54. The van der Waals surface area contributed by atoms with Gasteiger partial charge in [-0.15, -0.1) is 0 Å². The molecule has 3 rings (SSSR count). The normalized spacial score (nSPS) is 42.9. The molecule has 1 aliphatic heterocycles. The number of hydrogen-bond acceptors (Lipinski definition) is 4. The lowest BCUT2D eigenvalue weighted by Crippen LogP contribution is -2.43. The maximum absolute atomic E-state index is 5.70. The summed E-state index contributed by atoms with van der Waals surface area (Å²) in [5.41, 5.74) is 0. The zero-order chi connectivity index (χ0) is 12.0. The van der Waals surface area contributed by atoms with Gasteiger partial charge < -0.3 is 18.0 Å². The monoisotopic (exact) mass is 258 g/mol. The summed E-state index contributed by atoms with van der Waals surface area (Å²) in [6, 6.07) is 0.932. The number of epoxide rings is 1. The van der Waals surface area contributed by atoms with Gasteiger partial charge >= 0.3 is 8.80 Å². The zero-order valence-corrected chi connectivity index (χ0v) is 11.8. The molecule has 1 heterocycles. The lowest BCUT2D eigenvalue weighted by atomic mass is 9.87. The number of fused-ring (bicyclic) bond motifs is 5. The van der Waals surface area contributed by atoms with Crippen LogP contribution in [0.5, 0.6) is 0 Å². The molecular weight excluding hydrogens is 236 g/mol. The minimum absolute atomic E-state index is 0.599. The number of rotatable bonds is 6. The molecule has 98 valence electrons. The van der Waals surface area contributed by atoms with Crippen molar-refractivity contribution in [2.45, 2.75) is 37.5 Å². The molecule has 0 aromatic carbocycles. The van der Waals surface area contributed by atoms with Crippen molar-refractivity contribution in [3.8, 4) is 0 Å². The highest BCUT2D eigenvalue weighted by Gasteiger charge is 2.63. The van der Waals surface area contributed by atoms with Crippen LogP contribution < -0.4 is 0 Å². The van der Waals surface area contributed by atoms with E-state index in [9.17, 15) is 0 Å². The van der Waals surface area contributed by atoms with Gasteiger partial charge in [0.2, 0.25) is 0 Å². The van der Waals surface area contributed by atoms with Crippen LogP contribution in [0.2, 0.25) is 6.04 Å². The van der Waals surface area contributed by atoms with Gasteiger partial charge in [0.15, 0.2) is 0 Å². The molecule has 3 aliphatic rings. The number of ether oxygens (including phenoxy) is 1. The second-order valence-corrected chi connectivity index (χ2v) is 8.65. The summed E-state index contributed by atoms with van der Waals surface area (Å²) in [5, 5.41) is 0. The van der Waals surface area contributed by atoms with Crippen LogP contribution in [0.3, 0.4) is 0 Å². The van der Waals surface area contributed by atoms with E-state index < -0.39 is 8.80 Å². The fourth-order valence-electron chi connectivity index (χ4n) is 3.98. The molecule has 4 nitrogen and oxygen atoms in total. The van der Waals surface area contributed by atoms with Crippen LogP contribution in [-0.4, -0.2) is 42.3 Å². The minimum atomic E-state index is -2.36. The Kier molecular flexibility index (Phi) is 3.07. The summed E-state index contributed by atoms with van der Waals surface area (Å²) in [5.74, 6) is 2.46. The van der Waals surface area contributed by atoms with Crippen molar-refractivity contribution < 1.29 is 18.0 Å². The minimum Gasteiger partial charge on any atom is -0.377 e. The molecule has 0 radical (unpaired) electrons. The van der Waals surface area contributed by atoms with E-state index in [1.807, 2.05) is 0 Å². The molecule has 0 aromatic heterocycles. The third-order valence-electron chi connectivity index (χ3n) is 4.99. The van der Waals surface area contributed by atoms with Gasteiger partial charge in [-0.25, -0.2) is 0 Å². The number of hydrogen-bond donors (Lipinski definition) is 0. The molecule has 17 heavy (non-hydrogen) atoms. The van der Waals surface area contributed by atoms with Gasteiger partial charge in [0.05, 0.1) is 12.2 Å². The Morgan fingerprint density at radius 2 is 1.76 bits per heavy atom. The van der Waals surface area contributed by atoms with Gasteiger partial charge in [0, 0.05) is 27.4 Å². The molecule has 0 spiro atoms. The quantitative estimate of drug-likeness (QED) is 0.537. The van der Waals surface area contributed by atoms with E-state index in [-0.39, 0.29) is 0 Å². The third-order valence-corrected chi connectivity index (χ3v) is 7.76. The molecule has 5 atom stereocenters. The molecule has 2 bridgehead atoms. The molecule has 3 fully saturated rings. The molecule has 0 aromatic rings. The molecule has 0 amide bonds. The van der Waals surface area contributed by atoms with Crippen LogP contribution >= 0.6 is 0 Å². The fraction of sp³-hybridized carbons (Fsp3) is 1.00. The van der Waals surface area contributed by atoms with E-state index in [0.29, 0.717) is 12.2 Å². The van der Waals surface area contributed by atoms with Crippen LogP contribution in [0.4, 0.5) is 0 Å². The van der Waals surface area contributed by atoms with E-state index in [2.05, 4.69) is 0 Å². The van der Waals surface area contributed by atoms with Gasteiger partial charge in [-0.3, -0.25) is 0 Å². The Morgan fingerprint density at radius 3 is 2.29 bits per heavy atom. The van der Waals surface area contributed by atoms with Crippen LogP contribution in [0.25, 0.3) is 0 Å². The van der Waals surface area contributed by atoms with Crippen LogP contribution in [0.15, 0.2) is 0 Å². The summed E-state index contributed by atoms with van der Waals surface area (Å²) in [7, 11) is 2.72. The lowest BCUT2D eigenvalue weighted by Gasteiger charge is -2.27. The summed E-state index contributed by atoms with van der Waals surface area (Å²) >= 11 is 0. The Labute approximate surface area is 104 Å². The fourth-order valence-corrected chi connectivity index (χ4v) is 5.82. The third kappa shape index (κ3) is 1.88. The van der Waals surface area contributed by atoms with Crippen LogP contribution in [-0.2, 0) is 18.0 Å². The van der Waals surface area contributed by atoms with Crippen LogP contribution in [0.1, 0.15) is 19.3 Å². The van der Waals surface area contributed by atoms with Crippen molar-refractivity contribution in [1.82, 2.24) is 0 Å². The highest BCUT2D eigenvalue weighted by atomic mass is 28.4. The van der Waals surface area contributed by atoms with Crippen molar-refractivity contribution in [3.05, 3.63) is 0 Å². The van der Waals surface area contributed by atoms with E-state index in [0.717, 1.165) is 30.2 Å². The SMILES string of the molecule is CO[Si](CCC1CC2CC1C1OC21)(OC)OC. The van der Waals surface area contributed by atoms with Crippen molar-refractivity contribution in [2.75, 3.05) is 21.3 Å². The van der Waals surface area contributed by atoms with Gasteiger partial charge in [-0.1, -0.05) is 0 Å². The predicted octanol–water partition coefficient (Wildman–Crippen LogP) is 1.68. The Hall–Kier alpha value is 0.0569. The molecule has 2 aliphatic carbocycles. The van der Waals surface area contributed by atoms with E-state index >= 15 is 0 Å². The van der Waals surface area contributed by atoms with E-state index in [1.165, 1.54) is 12.8 Å². The first-order valence-electron chi connectivity index (χ1n) is 6.54. The van der Waals surface area contributed by atoms with Crippen molar-refractivity contribution in [1.29, 1.82) is 0 Å². The molecule has 2 saturated carbocycles. The highest BCUT2D eigenvalue weighted by molar-refractivity contribution is 6.60. The van der Waals surface area contributed by atoms with Gasteiger partial charge in [-0.2, -0.15) is 0 Å². The van der Waals surface area contributed by atoms with Crippen molar-refractivity contribution >= 4 is 8.80 Å². The van der Waals surface area contributed by atoms with E-state index in [1.54, 1.807) is 21.3 Å². The van der Waals surface area contributed by atoms with Gasteiger partial charge in [0.25, 0.3) is 0 Å². The molecule has 5 unspecified atom stereocenters. The first-order chi connectivity index (χ1) is 8.23. The Morgan fingerprint density at radius 1 is 1.06 bits per heavy atom. The lowest BCUT2D eigenvalue weighted by molar-refractivity contribution is 0.119. The van der Waals surface area contributed by atoms with Crippen molar-refractivity contribution in [2.24, 2.45) is 17.8 Å². The van der Waals surface area contributed by atoms with Crippen molar-refractivity contribution in [3.63, 3.8) is 0 Å². The largest absolute Gasteiger partial charge is 0.500 e. The smallest absolute Gasteiger partial charge is 0.377 e. The molecular formula is C12H22O4Si. The first-order valence-corrected chi connectivity index (χ1v) is 8.47.